The second kappa shape index (κ2) is 11.5. The van der Waals surface area contributed by atoms with E-state index in [1.165, 1.54) is 0 Å². The Bertz CT molecular complexity index is 1010. The standard InChI is InChI=1S/C26H36N4O4S/c1-17-13-30(15-24-27-10-11-35-24)18(2)16-34-22-9-8-20(28-25(31)19-6-5-7-19)12-21(22)26(32)29(3)14-23(17)33-4/h8-12,17-19,23H,5-7,13-16H2,1-4H3,(H,28,31)/t17-,18-,23+/m1/s1. The molecular weight excluding hydrogens is 464 g/mol. The molecule has 0 saturated heterocycles. The second-order valence-electron chi connectivity index (χ2n) is 9.78. The minimum absolute atomic E-state index is 0.0193. The second-order valence-corrected chi connectivity index (χ2v) is 10.8. The van der Waals surface area contributed by atoms with Crippen molar-refractivity contribution in [1.82, 2.24) is 14.8 Å². The zero-order valence-corrected chi connectivity index (χ0v) is 21.8. The van der Waals surface area contributed by atoms with Crippen molar-refractivity contribution in [3.63, 3.8) is 0 Å². The number of methoxy groups -OCH3 is 1. The summed E-state index contributed by atoms with van der Waals surface area (Å²) in [4.78, 5) is 34.5. The van der Waals surface area contributed by atoms with E-state index in [0.717, 1.165) is 37.4 Å². The van der Waals surface area contributed by atoms with Crippen molar-refractivity contribution < 1.29 is 19.1 Å². The number of amides is 2. The highest BCUT2D eigenvalue weighted by Crippen LogP contribution is 2.30. The van der Waals surface area contributed by atoms with Gasteiger partial charge in [-0.3, -0.25) is 14.5 Å². The zero-order chi connectivity index (χ0) is 24.9. The molecule has 190 valence electrons. The molecule has 1 aliphatic heterocycles. The summed E-state index contributed by atoms with van der Waals surface area (Å²) in [7, 11) is 3.48. The normalized spacial score (nSPS) is 24.5. The van der Waals surface area contributed by atoms with Crippen LogP contribution in [0.4, 0.5) is 5.69 Å². The van der Waals surface area contributed by atoms with Gasteiger partial charge in [-0.2, -0.15) is 0 Å². The number of ether oxygens (including phenoxy) is 2. The van der Waals surface area contributed by atoms with E-state index in [1.54, 1.807) is 42.5 Å². The smallest absolute Gasteiger partial charge is 0.257 e. The molecule has 35 heavy (non-hydrogen) atoms. The molecule has 1 aromatic heterocycles. The number of rotatable bonds is 5. The predicted molar refractivity (Wildman–Crippen MR) is 137 cm³/mol. The number of hydrogen-bond donors (Lipinski definition) is 1. The number of nitrogens with zero attached hydrogens (tertiary/aromatic N) is 3. The van der Waals surface area contributed by atoms with Crippen LogP contribution in [0, 0.1) is 11.8 Å². The van der Waals surface area contributed by atoms with Crippen LogP contribution >= 0.6 is 11.3 Å². The van der Waals surface area contributed by atoms with Crippen molar-refractivity contribution in [2.24, 2.45) is 11.8 Å². The number of nitrogens with one attached hydrogen (secondary N) is 1. The first-order valence-electron chi connectivity index (χ1n) is 12.3. The molecule has 0 unspecified atom stereocenters. The molecule has 8 nitrogen and oxygen atoms in total. The Morgan fingerprint density at radius 1 is 1.29 bits per heavy atom. The Hall–Kier alpha value is -2.49. The van der Waals surface area contributed by atoms with Gasteiger partial charge in [0.25, 0.3) is 5.91 Å². The molecular formula is C26H36N4O4S. The van der Waals surface area contributed by atoms with Crippen LogP contribution < -0.4 is 10.1 Å². The molecule has 1 aromatic carbocycles. The summed E-state index contributed by atoms with van der Waals surface area (Å²) in [6, 6.07) is 5.43. The third kappa shape index (κ3) is 6.20. The maximum atomic E-state index is 13.5. The highest BCUT2D eigenvalue weighted by molar-refractivity contribution is 7.09. The third-order valence-corrected chi connectivity index (χ3v) is 7.90. The molecule has 1 saturated carbocycles. The quantitative estimate of drug-likeness (QED) is 0.671. The van der Waals surface area contributed by atoms with Gasteiger partial charge in [-0.1, -0.05) is 13.3 Å². The topological polar surface area (TPSA) is 84.0 Å². The van der Waals surface area contributed by atoms with Crippen LogP contribution in [0.1, 0.15) is 48.5 Å². The van der Waals surface area contributed by atoms with Crippen LogP contribution in [-0.2, 0) is 16.1 Å². The van der Waals surface area contributed by atoms with Crippen molar-refractivity contribution in [2.75, 3.05) is 39.2 Å². The Kier molecular flexibility index (Phi) is 8.41. The molecule has 9 heteroatoms. The van der Waals surface area contributed by atoms with E-state index >= 15 is 0 Å². The Labute approximate surface area is 211 Å². The van der Waals surface area contributed by atoms with Gasteiger partial charge in [-0.05, 0) is 43.9 Å². The Balaban J connectivity index is 1.60. The van der Waals surface area contributed by atoms with E-state index in [-0.39, 0.29) is 35.8 Å². The summed E-state index contributed by atoms with van der Waals surface area (Å²) >= 11 is 1.65. The number of hydrogen-bond acceptors (Lipinski definition) is 7. The molecule has 0 bridgehead atoms. The third-order valence-electron chi connectivity index (χ3n) is 7.14. The molecule has 0 radical (unpaired) electrons. The van der Waals surface area contributed by atoms with Gasteiger partial charge in [0, 0.05) is 56.5 Å². The molecule has 1 aliphatic carbocycles. The van der Waals surface area contributed by atoms with Crippen molar-refractivity contribution in [1.29, 1.82) is 0 Å². The molecule has 1 N–H and O–H groups in total. The molecule has 0 spiro atoms. The maximum Gasteiger partial charge on any atom is 0.257 e. The molecule has 2 heterocycles. The highest BCUT2D eigenvalue weighted by atomic mass is 32.1. The van der Waals surface area contributed by atoms with Crippen LogP contribution in [0.2, 0.25) is 0 Å². The van der Waals surface area contributed by atoms with Crippen LogP contribution in [0.25, 0.3) is 0 Å². The van der Waals surface area contributed by atoms with Gasteiger partial charge in [0.2, 0.25) is 5.91 Å². The van der Waals surface area contributed by atoms with Crippen molar-refractivity contribution in [2.45, 2.75) is 51.8 Å². The average molecular weight is 501 g/mol. The van der Waals surface area contributed by atoms with Crippen LogP contribution in [0.15, 0.2) is 29.8 Å². The van der Waals surface area contributed by atoms with Gasteiger partial charge in [-0.15, -0.1) is 11.3 Å². The average Bonchev–Trinajstić information content (AvgIpc) is 3.31. The van der Waals surface area contributed by atoms with Gasteiger partial charge in [-0.25, -0.2) is 4.98 Å². The molecule has 2 aliphatic rings. The fourth-order valence-corrected chi connectivity index (χ4v) is 5.21. The van der Waals surface area contributed by atoms with E-state index in [2.05, 4.69) is 29.0 Å². The van der Waals surface area contributed by atoms with E-state index in [9.17, 15) is 9.59 Å². The van der Waals surface area contributed by atoms with Crippen LogP contribution in [0.3, 0.4) is 0 Å². The van der Waals surface area contributed by atoms with Gasteiger partial charge in [0.15, 0.2) is 0 Å². The van der Waals surface area contributed by atoms with Gasteiger partial charge < -0.3 is 19.7 Å². The van der Waals surface area contributed by atoms with Gasteiger partial charge in [0.1, 0.15) is 17.4 Å². The minimum Gasteiger partial charge on any atom is -0.491 e. The molecule has 3 atom stereocenters. The predicted octanol–water partition coefficient (Wildman–Crippen LogP) is 3.89. The fraction of sp³-hybridized carbons (Fsp3) is 0.577. The van der Waals surface area contributed by atoms with Crippen molar-refractivity contribution >= 4 is 28.8 Å². The number of anilines is 1. The van der Waals surface area contributed by atoms with Gasteiger partial charge in [0.05, 0.1) is 18.2 Å². The maximum absolute atomic E-state index is 13.5. The number of carbonyl (C=O) groups is 2. The molecule has 2 aromatic rings. The first-order valence-corrected chi connectivity index (χ1v) is 13.2. The molecule has 1 fully saturated rings. The first kappa shape index (κ1) is 25.6. The molecule has 4 rings (SSSR count). The van der Waals surface area contributed by atoms with Crippen molar-refractivity contribution in [3.05, 3.63) is 40.3 Å². The summed E-state index contributed by atoms with van der Waals surface area (Å²) in [6.07, 6.45) is 4.65. The largest absolute Gasteiger partial charge is 0.491 e. The summed E-state index contributed by atoms with van der Waals surface area (Å²) < 4.78 is 12.1. The lowest BCUT2D eigenvalue weighted by Gasteiger charge is -2.35. The first-order chi connectivity index (χ1) is 16.9. The Morgan fingerprint density at radius 2 is 2.09 bits per heavy atom. The van der Waals surface area contributed by atoms with E-state index in [1.807, 2.05) is 17.6 Å². The Morgan fingerprint density at radius 3 is 2.74 bits per heavy atom. The number of aromatic nitrogens is 1. The van der Waals surface area contributed by atoms with Gasteiger partial charge >= 0.3 is 0 Å². The summed E-state index contributed by atoms with van der Waals surface area (Å²) in [5, 5.41) is 6.03. The van der Waals surface area contributed by atoms with E-state index in [4.69, 9.17) is 9.47 Å². The number of benzene rings is 1. The van der Waals surface area contributed by atoms with Crippen LogP contribution in [0.5, 0.6) is 5.75 Å². The highest BCUT2D eigenvalue weighted by Gasteiger charge is 2.29. The fourth-order valence-electron chi connectivity index (χ4n) is 4.57. The number of fused-ring (bicyclic) bond motifs is 1. The lowest BCUT2D eigenvalue weighted by atomic mass is 9.85. The lowest BCUT2D eigenvalue weighted by Crippen LogP contribution is -2.46. The van der Waals surface area contributed by atoms with E-state index < -0.39 is 0 Å². The van der Waals surface area contributed by atoms with Crippen molar-refractivity contribution in [3.8, 4) is 5.75 Å². The zero-order valence-electron chi connectivity index (χ0n) is 21.0. The van der Waals surface area contributed by atoms with E-state index in [0.29, 0.717) is 30.2 Å². The molecule has 2 amide bonds. The monoisotopic (exact) mass is 500 g/mol. The SMILES string of the molecule is CO[C@H]1CN(C)C(=O)c2cc(NC(=O)C3CCC3)ccc2OC[C@@H](C)N(Cc2nccs2)C[C@H]1C. The lowest BCUT2D eigenvalue weighted by molar-refractivity contribution is -0.122. The minimum atomic E-state index is -0.151. The summed E-state index contributed by atoms with van der Waals surface area (Å²) in [5.41, 5.74) is 1.06. The summed E-state index contributed by atoms with van der Waals surface area (Å²) in [5.74, 6) is 0.642. The number of thiazole rings is 1. The summed E-state index contributed by atoms with van der Waals surface area (Å²) in [6.45, 7) is 6.69. The van der Waals surface area contributed by atoms with Crippen LogP contribution in [-0.4, -0.2) is 72.6 Å². The number of likely N-dealkylation sites (N-methyl/N-ethyl adjacent to an activating group) is 1. The number of carbonyl (C=O) groups excluding carboxylic acids is 2.